The number of methoxy groups -OCH3 is 1. The van der Waals surface area contributed by atoms with Gasteiger partial charge in [0.05, 0.1) is 18.4 Å². The molecule has 3 rings (SSSR count). The number of esters is 1. The Morgan fingerprint density at radius 2 is 1.74 bits per heavy atom. The molecule has 1 N–H and O–H groups in total. The van der Waals surface area contributed by atoms with Crippen LogP contribution in [-0.4, -0.2) is 44.3 Å². The van der Waals surface area contributed by atoms with E-state index in [-0.39, 0.29) is 29.7 Å². The molecule has 1 saturated heterocycles. The monoisotopic (exact) mass is 464 g/mol. The number of benzene rings is 2. The third-order valence-corrected chi connectivity index (χ3v) is 7.33. The van der Waals surface area contributed by atoms with E-state index in [0.29, 0.717) is 23.6 Å². The summed E-state index contributed by atoms with van der Waals surface area (Å²) in [4.78, 5) is 24.2. The second kappa shape index (κ2) is 10.3. The molecule has 1 atom stereocenters. The first-order chi connectivity index (χ1) is 14.8. The molecule has 2 aromatic carbocycles. The van der Waals surface area contributed by atoms with Crippen molar-refractivity contribution in [1.29, 1.82) is 0 Å². The highest BCUT2D eigenvalue weighted by Crippen LogP contribution is 2.26. The standard InChI is InChI=1S/C22H25ClN2O5S/c1-30-21(26)14-16-5-7-17(8-6-16)15-25(20-4-2-3-13-24-22(20)27)31(28,29)19-11-9-18(23)10-12-19/h5-12,20H,2-4,13-15H2,1H3,(H,24,27)/t20-/m1/s1. The van der Waals surface area contributed by atoms with Gasteiger partial charge in [-0.15, -0.1) is 0 Å². The second-order valence-corrected chi connectivity index (χ2v) is 9.70. The van der Waals surface area contributed by atoms with Gasteiger partial charge in [0.2, 0.25) is 15.9 Å². The molecule has 7 nitrogen and oxygen atoms in total. The Hall–Kier alpha value is -2.42. The lowest BCUT2D eigenvalue weighted by molar-refractivity contribution is -0.139. The molecule has 1 amide bonds. The number of sulfonamides is 1. The van der Waals surface area contributed by atoms with Crippen LogP contribution in [0.15, 0.2) is 53.4 Å². The minimum atomic E-state index is -3.96. The molecular weight excluding hydrogens is 440 g/mol. The number of halogens is 1. The van der Waals surface area contributed by atoms with Crippen LogP contribution in [0.3, 0.4) is 0 Å². The molecule has 0 aliphatic carbocycles. The maximum Gasteiger partial charge on any atom is 0.309 e. The Kier molecular flexibility index (Phi) is 7.69. The summed E-state index contributed by atoms with van der Waals surface area (Å²) < 4.78 is 32.9. The lowest BCUT2D eigenvalue weighted by atomic mass is 10.1. The zero-order valence-electron chi connectivity index (χ0n) is 17.2. The van der Waals surface area contributed by atoms with E-state index < -0.39 is 16.1 Å². The van der Waals surface area contributed by atoms with E-state index in [1.165, 1.54) is 35.7 Å². The minimum Gasteiger partial charge on any atom is -0.469 e. The Balaban J connectivity index is 1.93. The van der Waals surface area contributed by atoms with Crippen molar-refractivity contribution in [2.75, 3.05) is 13.7 Å². The van der Waals surface area contributed by atoms with Gasteiger partial charge in [-0.1, -0.05) is 35.9 Å². The molecule has 2 aromatic rings. The number of hydrogen-bond acceptors (Lipinski definition) is 5. The molecule has 0 unspecified atom stereocenters. The molecule has 1 heterocycles. The van der Waals surface area contributed by atoms with E-state index in [9.17, 15) is 18.0 Å². The van der Waals surface area contributed by atoms with Crippen LogP contribution in [0.5, 0.6) is 0 Å². The Bertz CT molecular complexity index is 1020. The van der Waals surface area contributed by atoms with Gasteiger partial charge < -0.3 is 10.1 Å². The molecule has 1 aliphatic heterocycles. The zero-order valence-corrected chi connectivity index (χ0v) is 18.8. The number of rotatable bonds is 7. The van der Waals surface area contributed by atoms with Gasteiger partial charge in [-0.25, -0.2) is 8.42 Å². The Morgan fingerprint density at radius 1 is 1.10 bits per heavy atom. The summed E-state index contributed by atoms with van der Waals surface area (Å²) >= 11 is 5.92. The highest BCUT2D eigenvalue weighted by atomic mass is 35.5. The predicted molar refractivity (Wildman–Crippen MR) is 117 cm³/mol. The normalized spacial score (nSPS) is 17.1. The average Bonchev–Trinajstić information content (AvgIpc) is 2.97. The quantitative estimate of drug-likeness (QED) is 0.636. The lowest BCUT2D eigenvalue weighted by Gasteiger charge is -2.29. The predicted octanol–water partition coefficient (Wildman–Crippen LogP) is 2.92. The van der Waals surface area contributed by atoms with E-state index >= 15 is 0 Å². The number of carbonyl (C=O) groups excluding carboxylic acids is 2. The van der Waals surface area contributed by atoms with Gasteiger partial charge in [-0.3, -0.25) is 9.59 Å². The highest BCUT2D eigenvalue weighted by molar-refractivity contribution is 7.89. The van der Waals surface area contributed by atoms with Gasteiger partial charge in [0.25, 0.3) is 0 Å². The molecule has 166 valence electrons. The van der Waals surface area contributed by atoms with Crippen LogP contribution < -0.4 is 5.32 Å². The summed E-state index contributed by atoms with van der Waals surface area (Å²) in [7, 11) is -2.63. The van der Waals surface area contributed by atoms with E-state index in [4.69, 9.17) is 11.6 Å². The SMILES string of the molecule is COC(=O)Cc1ccc(CN([C@@H]2CCCCNC2=O)S(=O)(=O)c2ccc(Cl)cc2)cc1. The number of nitrogens with one attached hydrogen (secondary N) is 1. The topological polar surface area (TPSA) is 92.8 Å². The first-order valence-electron chi connectivity index (χ1n) is 10.0. The molecule has 0 saturated carbocycles. The summed E-state index contributed by atoms with van der Waals surface area (Å²) in [5.74, 6) is -0.646. The fourth-order valence-electron chi connectivity index (χ4n) is 3.48. The van der Waals surface area contributed by atoms with E-state index in [2.05, 4.69) is 10.1 Å². The average molecular weight is 465 g/mol. The summed E-state index contributed by atoms with van der Waals surface area (Å²) in [5, 5.41) is 3.24. The van der Waals surface area contributed by atoms with Crippen molar-refractivity contribution in [1.82, 2.24) is 9.62 Å². The van der Waals surface area contributed by atoms with E-state index in [1.54, 1.807) is 24.3 Å². The summed E-state index contributed by atoms with van der Waals surface area (Å²) in [5.41, 5.74) is 1.47. The van der Waals surface area contributed by atoms with Crippen LogP contribution in [-0.2, 0) is 37.3 Å². The molecular formula is C22H25ClN2O5S. The van der Waals surface area contributed by atoms with Gasteiger partial charge in [-0.2, -0.15) is 4.31 Å². The van der Waals surface area contributed by atoms with Crippen molar-refractivity contribution < 1.29 is 22.7 Å². The van der Waals surface area contributed by atoms with Crippen molar-refractivity contribution >= 4 is 33.5 Å². The number of nitrogens with zero attached hydrogens (tertiary/aromatic N) is 1. The molecule has 1 fully saturated rings. The van der Waals surface area contributed by atoms with Crippen molar-refractivity contribution in [3.63, 3.8) is 0 Å². The van der Waals surface area contributed by atoms with Crippen LogP contribution in [0.2, 0.25) is 5.02 Å². The fraction of sp³-hybridized carbons (Fsp3) is 0.364. The summed E-state index contributed by atoms with van der Waals surface area (Å²) in [6.45, 7) is 0.563. The van der Waals surface area contributed by atoms with Crippen LogP contribution in [0.4, 0.5) is 0 Å². The fourth-order valence-corrected chi connectivity index (χ4v) is 5.22. The number of ether oxygens (including phenoxy) is 1. The van der Waals surface area contributed by atoms with Crippen molar-refractivity contribution in [3.8, 4) is 0 Å². The van der Waals surface area contributed by atoms with Gasteiger partial charge >= 0.3 is 5.97 Å². The van der Waals surface area contributed by atoms with Crippen LogP contribution in [0, 0.1) is 0 Å². The number of amides is 1. The van der Waals surface area contributed by atoms with Crippen LogP contribution in [0.1, 0.15) is 30.4 Å². The van der Waals surface area contributed by atoms with E-state index in [1.807, 2.05) is 0 Å². The molecule has 1 aliphatic rings. The smallest absolute Gasteiger partial charge is 0.309 e. The maximum absolute atomic E-state index is 13.5. The molecule has 0 radical (unpaired) electrons. The lowest BCUT2D eigenvalue weighted by Crippen LogP contribution is -2.48. The molecule has 31 heavy (non-hydrogen) atoms. The first-order valence-corrected chi connectivity index (χ1v) is 11.8. The minimum absolute atomic E-state index is 0.0293. The zero-order chi connectivity index (χ0) is 22.4. The molecule has 0 spiro atoms. The van der Waals surface area contributed by atoms with Gasteiger partial charge in [0, 0.05) is 18.1 Å². The third-order valence-electron chi connectivity index (χ3n) is 5.21. The molecule has 0 aromatic heterocycles. The van der Waals surface area contributed by atoms with Gasteiger partial charge in [0.15, 0.2) is 0 Å². The Morgan fingerprint density at radius 3 is 2.39 bits per heavy atom. The van der Waals surface area contributed by atoms with Crippen molar-refractivity contribution in [2.45, 2.75) is 43.2 Å². The van der Waals surface area contributed by atoms with Gasteiger partial charge in [-0.05, 0) is 54.7 Å². The summed E-state index contributed by atoms with van der Waals surface area (Å²) in [6.07, 6.45) is 2.13. The van der Waals surface area contributed by atoms with Crippen molar-refractivity contribution in [3.05, 3.63) is 64.7 Å². The van der Waals surface area contributed by atoms with E-state index in [0.717, 1.165) is 18.4 Å². The molecule has 0 bridgehead atoms. The first kappa shape index (κ1) is 23.2. The maximum atomic E-state index is 13.5. The third kappa shape index (κ3) is 5.84. The van der Waals surface area contributed by atoms with Crippen LogP contribution >= 0.6 is 11.6 Å². The second-order valence-electron chi connectivity index (χ2n) is 7.38. The van der Waals surface area contributed by atoms with Crippen LogP contribution in [0.25, 0.3) is 0 Å². The Labute approximate surface area is 187 Å². The highest BCUT2D eigenvalue weighted by Gasteiger charge is 2.36. The number of carbonyl (C=O) groups is 2. The summed E-state index contributed by atoms with van der Waals surface area (Å²) in [6, 6.07) is 12.1. The molecule has 9 heteroatoms. The van der Waals surface area contributed by atoms with Crippen molar-refractivity contribution in [2.24, 2.45) is 0 Å². The number of hydrogen-bond donors (Lipinski definition) is 1. The van der Waals surface area contributed by atoms with Gasteiger partial charge in [0.1, 0.15) is 6.04 Å². The largest absolute Gasteiger partial charge is 0.469 e.